The van der Waals surface area contributed by atoms with Crippen molar-refractivity contribution in [2.45, 2.75) is 26.8 Å². The minimum Gasteiger partial charge on any atom is -0.335 e. The maximum atomic E-state index is 12.6. The quantitative estimate of drug-likeness (QED) is 0.920. The highest BCUT2D eigenvalue weighted by Gasteiger charge is 2.24. The van der Waals surface area contributed by atoms with Gasteiger partial charge in [-0.15, -0.1) is 0 Å². The van der Waals surface area contributed by atoms with Crippen molar-refractivity contribution >= 4 is 29.1 Å². The molecule has 4 nitrogen and oxygen atoms in total. The molecule has 1 amide bonds. The number of halogens is 2. The lowest BCUT2D eigenvalue weighted by Gasteiger charge is -2.26. The van der Waals surface area contributed by atoms with Crippen LogP contribution in [0.2, 0.25) is 10.0 Å². The first-order chi connectivity index (χ1) is 9.82. The van der Waals surface area contributed by atoms with Crippen LogP contribution in [-0.2, 0) is 0 Å². The van der Waals surface area contributed by atoms with Crippen LogP contribution in [0.3, 0.4) is 0 Å². The molecule has 0 saturated carbocycles. The Kier molecular flexibility index (Phi) is 4.59. The van der Waals surface area contributed by atoms with E-state index in [4.69, 9.17) is 23.2 Å². The van der Waals surface area contributed by atoms with Gasteiger partial charge in [0.2, 0.25) is 0 Å². The number of amides is 1. The number of hydrogen-bond acceptors (Lipinski definition) is 2. The predicted octanol–water partition coefficient (Wildman–Crippen LogP) is 4.17. The molecule has 0 aliphatic rings. The molecule has 6 heteroatoms. The number of aromatic nitrogens is 2. The van der Waals surface area contributed by atoms with Crippen LogP contribution in [0.1, 0.15) is 40.3 Å². The zero-order valence-electron chi connectivity index (χ0n) is 12.4. The Balaban J connectivity index is 2.31. The predicted molar refractivity (Wildman–Crippen MR) is 85.0 cm³/mol. The molecule has 0 aliphatic heterocycles. The standard InChI is InChI=1S/C15H17Cl2N3O/c1-8-14(9(2)19-18-8)15(21)20(4)10(3)12-6-5-11(16)7-13(12)17/h5-7,10H,1-4H3,(H,18,19). The normalized spacial score (nSPS) is 12.3. The number of carbonyl (C=O) groups excluding carboxylic acids is 1. The van der Waals surface area contributed by atoms with Crippen molar-refractivity contribution in [3.05, 3.63) is 50.8 Å². The average molecular weight is 326 g/mol. The summed E-state index contributed by atoms with van der Waals surface area (Å²) in [5.74, 6) is -0.0859. The lowest BCUT2D eigenvalue weighted by molar-refractivity contribution is 0.0741. The Bertz CT molecular complexity index is 662. The van der Waals surface area contributed by atoms with Gasteiger partial charge in [-0.1, -0.05) is 29.3 Å². The third-order valence-electron chi connectivity index (χ3n) is 3.66. The van der Waals surface area contributed by atoms with Crippen molar-refractivity contribution in [3.63, 3.8) is 0 Å². The number of aromatic amines is 1. The topological polar surface area (TPSA) is 49.0 Å². The van der Waals surface area contributed by atoms with Gasteiger partial charge >= 0.3 is 0 Å². The molecule has 1 N–H and O–H groups in total. The average Bonchev–Trinajstić information content (AvgIpc) is 2.76. The van der Waals surface area contributed by atoms with E-state index in [9.17, 15) is 4.79 Å². The summed E-state index contributed by atoms with van der Waals surface area (Å²) in [6, 6.07) is 5.12. The van der Waals surface area contributed by atoms with Crippen LogP contribution in [0.5, 0.6) is 0 Å². The fourth-order valence-electron chi connectivity index (χ4n) is 2.27. The summed E-state index contributed by atoms with van der Waals surface area (Å²) in [4.78, 5) is 14.3. The summed E-state index contributed by atoms with van der Waals surface area (Å²) in [6.45, 7) is 5.57. The molecular formula is C15H17Cl2N3O. The van der Waals surface area contributed by atoms with Crippen molar-refractivity contribution in [2.75, 3.05) is 7.05 Å². The molecule has 1 atom stereocenters. The van der Waals surface area contributed by atoms with Gasteiger partial charge in [-0.05, 0) is 38.5 Å². The minimum atomic E-state index is -0.170. The number of H-pyrrole nitrogens is 1. The number of nitrogens with zero attached hydrogens (tertiary/aromatic N) is 2. The molecule has 1 unspecified atom stereocenters. The number of benzene rings is 1. The molecule has 0 bridgehead atoms. The Morgan fingerprint density at radius 2 is 2.00 bits per heavy atom. The number of nitrogens with one attached hydrogen (secondary N) is 1. The Labute approximate surface area is 134 Å². The Hall–Kier alpha value is -1.52. The molecule has 2 rings (SSSR count). The minimum absolute atomic E-state index is 0.0859. The zero-order chi connectivity index (χ0) is 15.7. The second kappa shape index (κ2) is 6.08. The van der Waals surface area contributed by atoms with Crippen molar-refractivity contribution < 1.29 is 4.79 Å². The summed E-state index contributed by atoms with van der Waals surface area (Å²) >= 11 is 12.1. The van der Waals surface area contributed by atoms with Gasteiger partial charge in [-0.25, -0.2) is 0 Å². The summed E-state index contributed by atoms with van der Waals surface area (Å²) in [5.41, 5.74) is 2.92. The van der Waals surface area contributed by atoms with E-state index in [1.165, 1.54) is 0 Å². The lowest BCUT2D eigenvalue weighted by atomic mass is 10.1. The molecule has 112 valence electrons. The van der Waals surface area contributed by atoms with Gasteiger partial charge in [-0.3, -0.25) is 9.89 Å². The summed E-state index contributed by atoms with van der Waals surface area (Å²) in [7, 11) is 1.75. The van der Waals surface area contributed by atoms with E-state index in [0.29, 0.717) is 21.3 Å². The second-order valence-electron chi connectivity index (χ2n) is 5.07. The highest BCUT2D eigenvalue weighted by molar-refractivity contribution is 6.35. The van der Waals surface area contributed by atoms with Gasteiger partial charge in [0, 0.05) is 22.8 Å². The fourth-order valence-corrected chi connectivity index (χ4v) is 2.83. The summed E-state index contributed by atoms with van der Waals surface area (Å²) < 4.78 is 0. The first-order valence-electron chi connectivity index (χ1n) is 6.56. The van der Waals surface area contributed by atoms with Gasteiger partial charge in [0.15, 0.2) is 0 Å². The van der Waals surface area contributed by atoms with Crippen molar-refractivity contribution in [3.8, 4) is 0 Å². The van der Waals surface area contributed by atoms with Crippen molar-refractivity contribution in [1.29, 1.82) is 0 Å². The first kappa shape index (κ1) is 15.9. The van der Waals surface area contributed by atoms with Crippen LogP contribution in [0.4, 0.5) is 0 Å². The van der Waals surface area contributed by atoms with E-state index < -0.39 is 0 Å². The number of carbonyl (C=O) groups is 1. The van der Waals surface area contributed by atoms with Crippen molar-refractivity contribution in [2.24, 2.45) is 0 Å². The van der Waals surface area contributed by atoms with Crippen molar-refractivity contribution in [1.82, 2.24) is 15.1 Å². The van der Waals surface area contributed by atoms with Gasteiger partial charge < -0.3 is 4.90 Å². The molecule has 1 heterocycles. The lowest BCUT2D eigenvalue weighted by Crippen LogP contribution is -2.30. The fraction of sp³-hybridized carbons (Fsp3) is 0.333. The SMILES string of the molecule is Cc1n[nH]c(C)c1C(=O)N(C)C(C)c1ccc(Cl)cc1Cl. The second-order valence-corrected chi connectivity index (χ2v) is 5.91. The molecule has 0 saturated heterocycles. The first-order valence-corrected chi connectivity index (χ1v) is 7.32. The number of rotatable bonds is 3. The van der Waals surface area contributed by atoms with Crippen LogP contribution in [-0.4, -0.2) is 28.1 Å². The monoisotopic (exact) mass is 325 g/mol. The van der Waals surface area contributed by atoms with Crippen LogP contribution in [0.25, 0.3) is 0 Å². The highest BCUT2D eigenvalue weighted by atomic mass is 35.5. The van der Waals surface area contributed by atoms with E-state index in [1.54, 1.807) is 24.1 Å². The van der Waals surface area contributed by atoms with E-state index in [0.717, 1.165) is 11.3 Å². The largest absolute Gasteiger partial charge is 0.335 e. The van der Waals surface area contributed by atoms with E-state index in [-0.39, 0.29) is 11.9 Å². The van der Waals surface area contributed by atoms with Crippen LogP contribution in [0, 0.1) is 13.8 Å². The third-order valence-corrected chi connectivity index (χ3v) is 4.22. The number of aryl methyl sites for hydroxylation is 2. The molecule has 0 radical (unpaired) electrons. The van der Waals surface area contributed by atoms with Crippen LogP contribution < -0.4 is 0 Å². The maximum Gasteiger partial charge on any atom is 0.257 e. The number of hydrogen-bond donors (Lipinski definition) is 1. The van der Waals surface area contributed by atoms with Gasteiger partial charge in [0.05, 0.1) is 17.3 Å². The maximum absolute atomic E-state index is 12.6. The molecule has 2 aromatic rings. The third kappa shape index (κ3) is 3.06. The highest BCUT2D eigenvalue weighted by Crippen LogP contribution is 2.30. The summed E-state index contributed by atoms with van der Waals surface area (Å²) in [5, 5.41) is 8.02. The van der Waals surface area contributed by atoms with E-state index in [1.807, 2.05) is 26.8 Å². The molecule has 0 spiro atoms. The molecule has 21 heavy (non-hydrogen) atoms. The molecule has 1 aromatic heterocycles. The summed E-state index contributed by atoms with van der Waals surface area (Å²) in [6.07, 6.45) is 0. The van der Waals surface area contributed by atoms with Crippen LogP contribution >= 0.6 is 23.2 Å². The van der Waals surface area contributed by atoms with Gasteiger partial charge in [0.1, 0.15) is 0 Å². The van der Waals surface area contributed by atoms with E-state index in [2.05, 4.69) is 10.2 Å². The van der Waals surface area contributed by atoms with Gasteiger partial charge in [0.25, 0.3) is 5.91 Å². The molecule has 1 aromatic carbocycles. The smallest absolute Gasteiger partial charge is 0.257 e. The molecule has 0 fully saturated rings. The molecular weight excluding hydrogens is 309 g/mol. The van der Waals surface area contributed by atoms with Gasteiger partial charge in [-0.2, -0.15) is 5.10 Å². The zero-order valence-corrected chi connectivity index (χ0v) is 13.9. The Morgan fingerprint density at radius 3 is 2.52 bits per heavy atom. The Morgan fingerprint density at radius 1 is 1.33 bits per heavy atom. The van der Waals surface area contributed by atoms with E-state index >= 15 is 0 Å². The molecule has 0 aliphatic carbocycles. The van der Waals surface area contributed by atoms with Crippen LogP contribution in [0.15, 0.2) is 18.2 Å².